The van der Waals surface area contributed by atoms with Gasteiger partial charge in [-0.1, -0.05) is 0 Å². The molecule has 2 N–H and O–H groups in total. The number of anilines is 1. The fourth-order valence-corrected chi connectivity index (χ4v) is 4.05. The van der Waals surface area contributed by atoms with Gasteiger partial charge in [-0.25, -0.2) is 4.79 Å². The number of aliphatic carboxylic acids is 1. The van der Waals surface area contributed by atoms with E-state index in [0.29, 0.717) is 12.5 Å². The average Bonchev–Trinajstić information content (AvgIpc) is 2.76. The van der Waals surface area contributed by atoms with Crippen LogP contribution < -0.4 is 10.2 Å². The summed E-state index contributed by atoms with van der Waals surface area (Å²) < 4.78 is 0. The van der Waals surface area contributed by atoms with Crippen molar-refractivity contribution in [3.05, 3.63) is 53.3 Å². The topological polar surface area (TPSA) is 85.2 Å². The minimum Gasteiger partial charge on any atom is -0.478 e. The molecule has 0 spiro atoms. The van der Waals surface area contributed by atoms with Crippen LogP contribution in [0, 0.1) is 12.8 Å². The largest absolute Gasteiger partial charge is 0.478 e. The Hall–Kier alpha value is -2.93. The van der Waals surface area contributed by atoms with Crippen molar-refractivity contribution in [2.75, 3.05) is 50.7 Å². The van der Waals surface area contributed by atoms with Gasteiger partial charge in [0.2, 0.25) is 0 Å². The molecular formula is C24H32N4O3. The normalized spacial score (nSPS) is 23.6. The number of rotatable bonds is 5. The minimum atomic E-state index is -0.962. The van der Waals surface area contributed by atoms with Crippen molar-refractivity contribution in [2.45, 2.75) is 19.8 Å². The van der Waals surface area contributed by atoms with Crippen LogP contribution >= 0.6 is 0 Å². The highest BCUT2D eigenvalue weighted by molar-refractivity contribution is 6.08. The molecule has 2 aliphatic heterocycles. The van der Waals surface area contributed by atoms with Gasteiger partial charge in [-0.05, 0) is 67.8 Å². The third kappa shape index (κ3) is 6.79. The molecule has 1 saturated heterocycles. The number of aldehydes is 1. The van der Waals surface area contributed by atoms with Gasteiger partial charge in [0, 0.05) is 63.3 Å². The fourth-order valence-electron chi connectivity index (χ4n) is 4.05. The van der Waals surface area contributed by atoms with Gasteiger partial charge in [-0.2, -0.15) is 0 Å². The summed E-state index contributed by atoms with van der Waals surface area (Å²) in [6.45, 7) is 8.47. The Morgan fingerprint density at radius 1 is 1.26 bits per heavy atom. The Balaban J connectivity index is 1.52. The summed E-state index contributed by atoms with van der Waals surface area (Å²) in [4.78, 5) is 31.5. The van der Waals surface area contributed by atoms with Crippen LogP contribution in [-0.4, -0.2) is 74.3 Å². The highest BCUT2D eigenvalue weighted by atomic mass is 16.4. The molecule has 0 radical (unpaired) electrons. The first-order valence-corrected chi connectivity index (χ1v) is 10.9. The second-order valence-electron chi connectivity index (χ2n) is 8.17. The number of nitrogens with zero attached hydrogens (tertiary/aromatic N) is 3. The van der Waals surface area contributed by atoms with E-state index >= 15 is 0 Å². The molecule has 1 atom stereocenters. The van der Waals surface area contributed by atoms with E-state index in [9.17, 15) is 14.7 Å². The Morgan fingerprint density at radius 2 is 2.06 bits per heavy atom. The van der Waals surface area contributed by atoms with Gasteiger partial charge in [0.05, 0.1) is 5.57 Å². The molecular weight excluding hydrogens is 392 g/mol. The number of hydrogen-bond donors (Lipinski definition) is 2. The van der Waals surface area contributed by atoms with Gasteiger partial charge >= 0.3 is 5.97 Å². The Morgan fingerprint density at radius 3 is 2.77 bits per heavy atom. The summed E-state index contributed by atoms with van der Waals surface area (Å²) >= 11 is 0. The number of hydrogen-bond acceptors (Lipinski definition) is 6. The Bertz CT molecular complexity index is 854. The molecule has 0 saturated carbocycles. The van der Waals surface area contributed by atoms with Crippen molar-refractivity contribution in [3.63, 3.8) is 0 Å². The number of carboxylic acid groups (broad SMARTS) is 1. The van der Waals surface area contributed by atoms with Crippen molar-refractivity contribution in [1.82, 2.24) is 10.2 Å². The van der Waals surface area contributed by atoms with Crippen LogP contribution in [0.4, 0.5) is 5.69 Å². The van der Waals surface area contributed by atoms with Crippen LogP contribution in [0.1, 0.15) is 28.8 Å². The lowest BCUT2D eigenvalue weighted by Gasteiger charge is -2.38. The molecule has 1 aromatic carbocycles. The number of aliphatic imine (C=N–C) groups is 1. The number of piperazine rings is 1. The molecule has 166 valence electrons. The first-order valence-electron chi connectivity index (χ1n) is 10.9. The predicted octanol–water partition coefficient (Wildman–Crippen LogP) is 2.52. The van der Waals surface area contributed by atoms with E-state index in [2.05, 4.69) is 26.2 Å². The average molecular weight is 425 g/mol. The maximum Gasteiger partial charge on any atom is 0.337 e. The van der Waals surface area contributed by atoms with Gasteiger partial charge in [-0.3, -0.25) is 14.7 Å². The van der Waals surface area contributed by atoms with E-state index < -0.39 is 5.97 Å². The smallest absolute Gasteiger partial charge is 0.337 e. The van der Waals surface area contributed by atoms with E-state index in [-0.39, 0.29) is 5.57 Å². The number of allylic oxidation sites excluding steroid dienone is 2. The van der Waals surface area contributed by atoms with E-state index in [1.54, 1.807) is 18.4 Å². The first kappa shape index (κ1) is 22.7. The highest BCUT2D eigenvalue weighted by Crippen LogP contribution is 2.21. The zero-order valence-corrected chi connectivity index (χ0v) is 18.2. The van der Waals surface area contributed by atoms with Crippen LogP contribution in [0.5, 0.6) is 0 Å². The lowest BCUT2D eigenvalue weighted by Crippen LogP contribution is -2.48. The van der Waals surface area contributed by atoms with E-state index in [1.807, 2.05) is 19.1 Å². The molecule has 0 bridgehead atoms. The lowest BCUT2D eigenvalue weighted by atomic mass is 10.00. The fraction of sp³-hybridized carbons (Fsp3) is 0.458. The van der Waals surface area contributed by atoms with Gasteiger partial charge in [0.25, 0.3) is 0 Å². The van der Waals surface area contributed by atoms with Crippen LogP contribution in [-0.2, 0) is 4.79 Å². The summed E-state index contributed by atoms with van der Waals surface area (Å²) in [6, 6.07) is 6.04. The summed E-state index contributed by atoms with van der Waals surface area (Å²) in [6.07, 6.45) is 9.45. The molecule has 2 heterocycles. The number of nitrogens with one attached hydrogen (secondary N) is 1. The maximum atomic E-state index is 11.2. The van der Waals surface area contributed by atoms with Gasteiger partial charge < -0.3 is 15.3 Å². The molecule has 0 aliphatic carbocycles. The molecule has 1 aromatic rings. The zero-order valence-electron chi connectivity index (χ0n) is 18.2. The molecule has 1 fully saturated rings. The van der Waals surface area contributed by atoms with Crippen molar-refractivity contribution >= 4 is 24.2 Å². The van der Waals surface area contributed by atoms with Crippen molar-refractivity contribution in [3.8, 4) is 0 Å². The van der Waals surface area contributed by atoms with Crippen LogP contribution in [0.3, 0.4) is 0 Å². The van der Waals surface area contributed by atoms with Crippen LogP contribution in [0.2, 0.25) is 0 Å². The molecule has 0 amide bonds. The first-order chi connectivity index (χ1) is 15.1. The van der Waals surface area contributed by atoms with Crippen molar-refractivity contribution < 1.29 is 14.7 Å². The second-order valence-corrected chi connectivity index (χ2v) is 8.17. The maximum absolute atomic E-state index is 11.2. The number of carbonyl (C=O) groups excluding carboxylic acids is 1. The predicted molar refractivity (Wildman–Crippen MR) is 124 cm³/mol. The molecule has 7 nitrogen and oxygen atoms in total. The van der Waals surface area contributed by atoms with Gasteiger partial charge in [-0.15, -0.1) is 0 Å². The SMILES string of the molecule is Cc1cc(N2CCN(CC3CCN=C/C(C(=O)O)=C\C=C\NCC3)CC2)ccc1C=O. The molecule has 3 rings (SSSR count). The number of carboxylic acids is 1. The molecule has 0 aromatic heterocycles. The summed E-state index contributed by atoms with van der Waals surface area (Å²) in [5.74, 6) is -0.453. The number of carbonyl (C=O) groups is 2. The molecule has 7 heteroatoms. The van der Waals surface area contributed by atoms with E-state index in [1.165, 1.54) is 11.9 Å². The van der Waals surface area contributed by atoms with E-state index in [4.69, 9.17) is 0 Å². The zero-order chi connectivity index (χ0) is 22.1. The summed E-state index contributed by atoms with van der Waals surface area (Å²) in [5.41, 5.74) is 3.15. The van der Waals surface area contributed by atoms with Gasteiger partial charge in [0.1, 0.15) is 6.29 Å². The number of aryl methyl sites for hydroxylation is 1. The van der Waals surface area contributed by atoms with Crippen LogP contribution in [0.25, 0.3) is 0 Å². The lowest BCUT2D eigenvalue weighted by molar-refractivity contribution is -0.132. The monoisotopic (exact) mass is 424 g/mol. The standard InChI is InChI=1S/C24H32N4O3/c1-19-15-23(5-4-22(19)18-29)28-13-11-27(12-14-28)17-20-6-9-25-8-2-3-21(24(30)31)16-26-10-7-20/h2-5,8,15-16,18,20,25H,6-7,9-14,17H2,1H3,(H,30,31)/b8-2+,21-3+,26-16?. The number of benzene rings is 1. The third-order valence-electron chi connectivity index (χ3n) is 5.96. The van der Waals surface area contributed by atoms with E-state index in [0.717, 1.165) is 69.5 Å². The molecule has 1 unspecified atom stereocenters. The summed E-state index contributed by atoms with van der Waals surface area (Å²) in [5, 5.41) is 12.5. The van der Waals surface area contributed by atoms with Gasteiger partial charge in [0.15, 0.2) is 0 Å². The second kappa shape index (κ2) is 11.5. The van der Waals surface area contributed by atoms with Crippen molar-refractivity contribution in [1.29, 1.82) is 0 Å². The third-order valence-corrected chi connectivity index (χ3v) is 5.96. The minimum absolute atomic E-state index is 0.197. The quantitative estimate of drug-likeness (QED) is 0.707. The molecule has 2 aliphatic rings. The Kier molecular flexibility index (Phi) is 8.41. The van der Waals surface area contributed by atoms with Crippen molar-refractivity contribution in [2.24, 2.45) is 10.9 Å². The Labute approximate surface area is 184 Å². The molecule has 31 heavy (non-hydrogen) atoms. The van der Waals surface area contributed by atoms with Crippen LogP contribution in [0.15, 0.2) is 47.1 Å². The summed E-state index contributed by atoms with van der Waals surface area (Å²) in [7, 11) is 0. The highest BCUT2D eigenvalue weighted by Gasteiger charge is 2.20.